The Bertz CT molecular complexity index is 891. The molecule has 0 saturated carbocycles. The second kappa shape index (κ2) is 6.78. The van der Waals surface area contributed by atoms with E-state index in [1.54, 1.807) is 12.3 Å². The number of aryl methyl sites for hydroxylation is 1. The van der Waals surface area contributed by atoms with E-state index in [2.05, 4.69) is 20.4 Å². The highest BCUT2D eigenvalue weighted by Gasteiger charge is 2.08. The molecule has 3 rings (SSSR count). The lowest BCUT2D eigenvalue weighted by molar-refractivity contribution is 0.0947. The predicted octanol–water partition coefficient (Wildman–Crippen LogP) is 1.01. The van der Waals surface area contributed by atoms with Gasteiger partial charge < -0.3 is 5.32 Å². The topological polar surface area (TPSA) is 89.8 Å². The molecule has 0 spiro atoms. The number of rotatable bonds is 5. The van der Waals surface area contributed by atoms with Crippen molar-refractivity contribution in [2.75, 3.05) is 6.54 Å². The Labute approximate surface area is 132 Å². The van der Waals surface area contributed by atoms with Gasteiger partial charge >= 0.3 is 0 Å². The summed E-state index contributed by atoms with van der Waals surface area (Å²) in [4.78, 5) is 32.1. The van der Waals surface area contributed by atoms with Crippen molar-refractivity contribution < 1.29 is 4.79 Å². The maximum Gasteiger partial charge on any atom is 0.271 e. The van der Waals surface area contributed by atoms with E-state index in [0.717, 1.165) is 5.52 Å². The zero-order chi connectivity index (χ0) is 16.1. The molecule has 0 aliphatic heterocycles. The summed E-state index contributed by atoms with van der Waals surface area (Å²) < 4.78 is 1.36. The number of benzene rings is 1. The number of carbonyl (C=O) groups is 1. The Hall–Kier alpha value is -3.09. The predicted molar refractivity (Wildman–Crippen MR) is 85.0 cm³/mol. The lowest BCUT2D eigenvalue weighted by atomic mass is 10.3. The van der Waals surface area contributed by atoms with Crippen molar-refractivity contribution in [1.82, 2.24) is 25.1 Å². The van der Waals surface area contributed by atoms with Crippen LogP contribution in [0.4, 0.5) is 0 Å². The van der Waals surface area contributed by atoms with E-state index in [-0.39, 0.29) is 17.2 Å². The number of para-hydroxylation sites is 2. The molecule has 3 aromatic rings. The fraction of sp³-hybridized carbons (Fsp3) is 0.188. The number of fused-ring (bicyclic) bond motifs is 1. The van der Waals surface area contributed by atoms with Crippen LogP contribution in [0.15, 0.2) is 53.6 Å². The first-order chi connectivity index (χ1) is 11.2. The molecule has 0 saturated heterocycles. The molecule has 0 radical (unpaired) electrons. The molecule has 0 unspecified atom stereocenters. The summed E-state index contributed by atoms with van der Waals surface area (Å²) in [6, 6.07) is 10.4. The molecule has 0 aliphatic rings. The van der Waals surface area contributed by atoms with Crippen molar-refractivity contribution in [2.45, 2.75) is 13.0 Å². The second-order valence-corrected chi connectivity index (χ2v) is 4.94. The highest BCUT2D eigenvalue weighted by Crippen LogP contribution is 2.08. The number of nitrogens with zero attached hydrogens (tertiary/aromatic N) is 4. The summed E-state index contributed by atoms with van der Waals surface area (Å²) in [5.74, 6) is -0.281. The van der Waals surface area contributed by atoms with Gasteiger partial charge in [0.15, 0.2) is 0 Å². The highest BCUT2D eigenvalue weighted by molar-refractivity contribution is 5.93. The van der Waals surface area contributed by atoms with Gasteiger partial charge in [-0.2, -0.15) is 5.10 Å². The summed E-state index contributed by atoms with van der Waals surface area (Å²) in [7, 11) is 0. The van der Waals surface area contributed by atoms with Crippen LogP contribution in [-0.4, -0.2) is 32.2 Å². The number of amides is 1. The fourth-order valence-corrected chi connectivity index (χ4v) is 2.14. The van der Waals surface area contributed by atoms with Crippen LogP contribution in [0.1, 0.15) is 16.9 Å². The minimum Gasteiger partial charge on any atom is -0.351 e. The zero-order valence-corrected chi connectivity index (χ0v) is 12.3. The van der Waals surface area contributed by atoms with E-state index < -0.39 is 0 Å². The largest absolute Gasteiger partial charge is 0.351 e. The van der Waals surface area contributed by atoms with E-state index in [1.165, 1.54) is 16.9 Å². The van der Waals surface area contributed by atoms with Crippen LogP contribution < -0.4 is 10.9 Å². The van der Waals surface area contributed by atoms with Crippen LogP contribution >= 0.6 is 0 Å². The van der Waals surface area contributed by atoms with Gasteiger partial charge in [-0.3, -0.25) is 14.6 Å². The van der Waals surface area contributed by atoms with E-state index in [4.69, 9.17) is 0 Å². The van der Waals surface area contributed by atoms with Gasteiger partial charge in [-0.15, -0.1) is 0 Å². The van der Waals surface area contributed by atoms with Gasteiger partial charge in [0.05, 0.1) is 17.2 Å². The minimum atomic E-state index is -0.281. The third-order valence-electron chi connectivity index (χ3n) is 3.30. The first-order valence-corrected chi connectivity index (χ1v) is 7.26. The fourth-order valence-electron chi connectivity index (χ4n) is 2.14. The Morgan fingerprint density at radius 2 is 1.96 bits per heavy atom. The molecule has 116 valence electrons. The Kier molecular flexibility index (Phi) is 4.37. The number of carbonyl (C=O) groups excluding carboxylic acids is 1. The van der Waals surface area contributed by atoms with Crippen molar-refractivity contribution in [2.24, 2.45) is 0 Å². The van der Waals surface area contributed by atoms with Gasteiger partial charge in [0.2, 0.25) is 0 Å². The van der Waals surface area contributed by atoms with Gasteiger partial charge in [-0.05, 0) is 24.6 Å². The number of hydrogen-bond acceptors (Lipinski definition) is 5. The summed E-state index contributed by atoms with van der Waals surface area (Å²) in [5, 5.41) is 6.73. The van der Waals surface area contributed by atoms with Gasteiger partial charge in [-0.25, -0.2) is 9.67 Å². The number of nitrogens with one attached hydrogen (secondary N) is 1. The second-order valence-electron chi connectivity index (χ2n) is 4.94. The molecule has 23 heavy (non-hydrogen) atoms. The minimum absolute atomic E-state index is 0.153. The van der Waals surface area contributed by atoms with E-state index in [9.17, 15) is 9.59 Å². The molecule has 0 fully saturated rings. The average molecular weight is 309 g/mol. The summed E-state index contributed by atoms with van der Waals surface area (Å²) in [5.41, 5.74) is 1.55. The van der Waals surface area contributed by atoms with Crippen molar-refractivity contribution >= 4 is 16.9 Å². The Balaban J connectivity index is 1.56. The molecular weight excluding hydrogens is 294 g/mol. The maximum atomic E-state index is 12.1. The standard InChI is InChI=1S/C16H15N5O2/c22-15-7-3-9-19-21(15)10-4-8-17-16(23)14-11-18-12-5-1-2-6-13(12)20-14/h1-3,5-7,9,11H,4,8,10H2,(H,17,23). The summed E-state index contributed by atoms with van der Waals surface area (Å²) in [6.07, 6.45) is 3.62. The monoisotopic (exact) mass is 309 g/mol. The average Bonchev–Trinajstić information content (AvgIpc) is 2.59. The van der Waals surface area contributed by atoms with E-state index in [1.807, 2.05) is 24.3 Å². The molecule has 1 N–H and O–H groups in total. The van der Waals surface area contributed by atoms with Crippen LogP contribution in [0.25, 0.3) is 11.0 Å². The van der Waals surface area contributed by atoms with Gasteiger partial charge in [0.1, 0.15) is 5.69 Å². The molecule has 2 aromatic heterocycles. The third kappa shape index (κ3) is 3.57. The quantitative estimate of drug-likeness (QED) is 0.710. The molecule has 0 bridgehead atoms. The summed E-state index contributed by atoms with van der Waals surface area (Å²) >= 11 is 0. The van der Waals surface area contributed by atoms with Crippen molar-refractivity contribution in [3.8, 4) is 0 Å². The van der Waals surface area contributed by atoms with Gasteiger partial charge in [0.25, 0.3) is 11.5 Å². The first-order valence-electron chi connectivity index (χ1n) is 7.26. The summed E-state index contributed by atoms with van der Waals surface area (Å²) in [6.45, 7) is 0.875. The van der Waals surface area contributed by atoms with Crippen molar-refractivity contribution in [3.05, 3.63) is 64.8 Å². The Morgan fingerprint density at radius 1 is 1.13 bits per heavy atom. The van der Waals surface area contributed by atoms with Crippen LogP contribution in [0.5, 0.6) is 0 Å². The lowest BCUT2D eigenvalue weighted by Gasteiger charge is -2.06. The maximum absolute atomic E-state index is 12.1. The van der Waals surface area contributed by atoms with E-state index in [0.29, 0.717) is 25.0 Å². The van der Waals surface area contributed by atoms with E-state index >= 15 is 0 Å². The molecule has 0 atom stereocenters. The lowest BCUT2D eigenvalue weighted by Crippen LogP contribution is -2.28. The van der Waals surface area contributed by atoms with Crippen molar-refractivity contribution in [1.29, 1.82) is 0 Å². The van der Waals surface area contributed by atoms with Gasteiger partial charge in [-0.1, -0.05) is 12.1 Å². The van der Waals surface area contributed by atoms with Crippen LogP contribution in [-0.2, 0) is 6.54 Å². The molecule has 1 amide bonds. The van der Waals surface area contributed by atoms with Gasteiger partial charge in [0, 0.05) is 25.4 Å². The number of aromatic nitrogens is 4. The van der Waals surface area contributed by atoms with Crippen LogP contribution in [0.3, 0.4) is 0 Å². The normalized spacial score (nSPS) is 10.6. The molecule has 0 aliphatic carbocycles. The molecule has 1 aromatic carbocycles. The van der Waals surface area contributed by atoms with Crippen LogP contribution in [0, 0.1) is 0 Å². The number of hydrogen-bond donors (Lipinski definition) is 1. The molecule has 7 nitrogen and oxygen atoms in total. The van der Waals surface area contributed by atoms with Crippen LogP contribution in [0.2, 0.25) is 0 Å². The molecule has 7 heteroatoms. The molecule has 2 heterocycles. The first kappa shape index (κ1) is 14.8. The third-order valence-corrected chi connectivity index (χ3v) is 3.30. The highest BCUT2D eigenvalue weighted by atomic mass is 16.2. The smallest absolute Gasteiger partial charge is 0.271 e. The van der Waals surface area contributed by atoms with Crippen molar-refractivity contribution in [3.63, 3.8) is 0 Å². The Morgan fingerprint density at radius 3 is 2.78 bits per heavy atom. The SMILES string of the molecule is O=C(NCCCn1ncccc1=O)c1cnc2ccccc2n1. The molecular formula is C16H15N5O2. The zero-order valence-electron chi connectivity index (χ0n) is 12.3.